The summed E-state index contributed by atoms with van der Waals surface area (Å²) in [5.41, 5.74) is 3.39. The SMILES string of the molecule is C=CCC(Cc1ccc(C(=O)N(C)C(C)c2cnccn2)cc1)NCC(O)c1ccccc1. The minimum Gasteiger partial charge on any atom is -0.387 e. The van der Waals surface area contributed by atoms with Crippen LogP contribution in [0.2, 0.25) is 0 Å². The third kappa shape index (κ3) is 6.81. The van der Waals surface area contributed by atoms with Gasteiger partial charge in [0.1, 0.15) is 0 Å². The molecule has 1 aromatic heterocycles. The molecule has 0 aliphatic rings. The van der Waals surface area contributed by atoms with E-state index in [2.05, 4.69) is 21.9 Å². The molecule has 3 rings (SSSR count). The number of carbonyl (C=O) groups is 1. The average molecular weight is 445 g/mol. The molecule has 33 heavy (non-hydrogen) atoms. The van der Waals surface area contributed by atoms with Gasteiger partial charge in [-0.1, -0.05) is 48.5 Å². The fraction of sp³-hybridized carbons (Fsp3) is 0.296. The van der Waals surface area contributed by atoms with Crippen LogP contribution >= 0.6 is 0 Å². The predicted molar refractivity (Wildman–Crippen MR) is 131 cm³/mol. The van der Waals surface area contributed by atoms with Gasteiger partial charge in [0.15, 0.2) is 0 Å². The number of benzene rings is 2. The van der Waals surface area contributed by atoms with Crippen molar-refractivity contribution < 1.29 is 9.90 Å². The number of aliphatic hydroxyl groups is 1. The van der Waals surface area contributed by atoms with Gasteiger partial charge in [0.2, 0.25) is 0 Å². The zero-order chi connectivity index (χ0) is 23.6. The Hall–Kier alpha value is -3.35. The molecule has 0 radical (unpaired) electrons. The molecule has 0 spiro atoms. The van der Waals surface area contributed by atoms with E-state index < -0.39 is 6.10 Å². The minimum atomic E-state index is -0.564. The molecule has 6 nitrogen and oxygen atoms in total. The Bertz CT molecular complexity index is 1010. The topological polar surface area (TPSA) is 78.4 Å². The first-order chi connectivity index (χ1) is 16.0. The Morgan fingerprint density at radius 2 is 1.88 bits per heavy atom. The fourth-order valence-electron chi connectivity index (χ4n) is 3.68. The highest BCUT2D eigenvalue weighted by atomic mass is 16.3. The quantitative estimate of drug-likeness (QED) is 0.435. The summed E-state index contributed by atoms with van der Waals surface area (Å²) in [7, 11) is 1.78. The van der Waals surface area contributed by atoms with Crippen LogP contribution in [0.25, 0.3) is 0 Å². The molecule has 0 saturated heterocycles. The second-order valence-corrected chi connectivity index (χ2v) is 8.18. The van der Waals surface area contributed by atoms with E-state index in [4.69, 9.17) is 0 Å². The highest BCUT2D eigenvalue weighted by Gasteiger charge is 2.20. The summed E-state index contributed by atoms with van der Waals surface area (Å²) in [6, 6.07) is 17.3. The second-order valence-electron chi connectivity index (χ2n) is 8.18. The molecule has 3 aromatic rings. The first-order valence-corrected chi connectivity index (χ1v) is 11.2. The number of amides is 1. The number of nitrogens with one attached hydrogen (secondary N) is 1. The van der Waals surface area contributed by atoms with E-state index in [1.54, 1.807) is 30.5 Å². The van der Waals surface area contributed by atoms with E-state index in [-0.39, 0.29) is 18.0 Å². The maximum atomic E-state index is 12.9. The molecule has 0 fully saturated rings. The van der Waals surface area contributed by atoms with Gasteiger partial charge in [-0.2, -0.15) is 0 Å². The average Bonchev–Trinajstić information content (AvgIpc) is 2.87. The summed E-state index contributed by atoms with van der Waals surface area (Å²) < 4.78 is 0. The van der Waals surface area contributed by atoms with E-state index in [1.165, 1.54) is 0 Å². The second kappa shape index (κ2) is 12.0. The van der Waals surface area contributed by atoms with Crippen molar-refractivity contribution in [2.45, 2.75) is 38.0 Å². The van der Waals surface area contributed by atoms with Crippen LogP contribution in [0.1, 0.15) is 52.7 Å². The van der Waals surface area contributed by atoms with Crippen molar-refractivity contribution >= 4 is 5.91 Å². The number of aliphatic hydroxyl groups excluding tert-OH is 1. The lowest BCUT2D eigenvalue weighted by molar-refractivity contribution is 0.0739. The molecule has 2 aromatic carbocycles. The van der Waals surface area contributed by atoms with Gasteiger partial charge in [-0.25, -0.2) is 0 Å². The summed E-state index contributed by atoms with van der Waals surface area (Å²) in [6.45, 7) is 6.26. The van der Waals surface area contributed by atoms with Gasteiger partial charge in [0.05, 0.1) is 24.0 Å². The van der Waals surface area contributed by atoms with Gasteiger partial charge in [-0.05, 0) is 43.0 Å². The first kappa shape index (κ1) is 24.3. The summed E-state index contributed by atoms with van der Waals surface area (Å²) in [5.74, 6) is -0.0635. The molecule has 0 aliphatic carbocycles. The van der Waals surface area contributed by atoms with Crippen molar-refractivity contribution in [1.29, 1.82) is 0 Å². The van der Waals surface area contributed by atoms with Gasteiger partial charge in [-0.3, -0.25) is 14.8 Å². The van der Waals surface area contributed by atoms with Gasteiger partial charge < -0.3 is 15.3 Å². The van der Waals surface area contributed by atoms with Crippen molar-refractivity contribution in [3.05, 3.63) is 108 Å². The van der Waals surface area contributed by atoms with Crippen molar-refractivity contribution in [1.82, 2.24) is 20.2 Å². The number of nitrogens with zero attached hydrogens (tertiary/aromatic N) is 3. The van der Waals surface area contributed by atoms with Crippen LogP contribution in [0, 0.1) is 0 Å². The molecule has 3 unspecified atom stereocenters. The third-order valence-electron chi connectivity index (χ3n) is 5.83. The van der Waals surface area contributed by atoms with E-state index >= 15 is 0 Å². The smallest absolute Gasteiger partial charge is 0.254 e. The van der Waals surface area contributed by atoms with Crippen LogP contribution in [0.4, 0.5) is 0 Å². The highest BCUT2D eigenvalue weighted by Crippen LogP contribution is 2.19. The Labute approximate surface area is 196 Å². The molecule has 1 amide bonds. The molecule has 3 atom stereocenters. The third-order valence-corrected chi connectivity index (χ3v) is 5.83. The molecular formula is C27H32N4O2. The Kier molecular flexibility index (Phi) is 8.87. The van der Waals surface area contributed by atoms with Crippen molar-refractivity contribution in [3.8, 4) is 0 Å². The van der Waals surface area contributed by atoms with E-state index in [0.29, 0.717) is 12.1 Å². The van der Waals surface area contributed by atoms with E-state index in [9.17, 15) is 9.90 Å². The molecule has 1 heterocycles. The Morgan fingerprint density at radius 1 is 1.15 bits per heavy atom. The number of carbonyl (C=O) groups excluding carboxylic acids is 1. The van der Waals surface area contributed by atoms with Gasteiger partial charge >= 0.3 is 0 Å². The molecule has 6 heteroatoms. The lowest BCUT2D eigenvalue weighted by Gasteiger charge is -2.24. The normalized spacial score (nSPS) is 13.7. The minimum absolute atomic E-state index is 0.0635. The van der Waals surface area contributed by atoms with Crippen molar-refractivity contribution in [2.24, 2.45) is 0 Å². The lowest BCUT2D eigenvalue weighted by Crippen LogP contribution is -2.34. The zero-order valence-electron chi connectivity index (χ0n) is 19.3. The molecule has 0 saturated carbocycles. The number of hydrogen-bond acceptors (Lipinski definition) is 5. The largest absolute Gasteiger partial charge is 0.387 e. The molecule has 2 N–H and O–H groups in total. The number of rotatable bonds is 11. The fourth-order valence-corrected chi connectivity index (χ4v) is 3.68. The predicted octanol–water partition coefficient (Wildman–Crippen LogP) is 4.12. The molecular weight excluding hydrogens is 412 g/mol. The lowest BCUT2D eigenvalue weighted by atomic mass is 10.0. The Balaban J connectivity index is 1.59. The molecule has 0 aliphatic heterocycles. The summed E-state index contributed by atoms with van der Waals surface area (Å²) in [5, 5.41) is 13.9. The molecule has 0 bridgehead atoms. The summed E-state index contributed by atoms with van der Waals surface area (Å²) in [4.78, 5) is 23.0. The van der Waals surface area contributed by atoms with Crippen LogP contribution < -0.4 is 5.32 Å². The van der Waals surface area contributed by atoms with Crippen molar-refractivity contribution in [2.75, 3.05) is 13.6 Å². The van der Waals surface area contributed by atoms with Gasteiger partial charge in [-0.15, -0.1) is 6.58 Å². The maximum Gasteiger partial charge on any atom is 0.254 e. The first-order valence-electron chi connectivity index (χ1n) is 11.2. The van der Waals surface area contributed by atoms with Crippen LogP contribution in [0.15, 0.2) is 85.8 Å². The molecule has 172 valence electrons. The Morgan fingerprint density at radius 3 is 2.52 bits per heavy atom. The summed E-state index contributed by atoms with van der Waals surface area (Å²) in [6.07, 6.45) is 7.80. The van der Waals surface area contributed by atoms with Gasteiger partial charge in [0.25, 0.3) is 5.91 Å². The number of hydrogen-bond donors (Lipinski definition) is 2. The number of aromatic nitrogens is 2. The monoisotopic (exact) mass is 444 g/mol. The van der Waals surface area contributed by atoms with E-state index in [1.807, 2.05) is 67.6 Å². The van der Waals surface area contributed by atoms with Crippen molar-refractivity contribution in [3.63, 3.8) is 0 Å². The zero-order valence-corrected chi connectivity index (χ0v) is 19.3. The highest BCUT2D eigenvalue weighted by molar-refractivity contribution is 5.94. The van der Waals surface area contributed by atoms with E-state index in [0.717, 1.165) is 29.7 Å². The van der Waals surface area contributed by atoms with Crippen LogP contribution in [-0.2, 0) is 6.42 Å². The summed E-state index contributed by atoms with van der Waals surface area (Å²) >= 11 is 0. The van der Waals surface area contributed by atoms with Gasteiger partial charge in [0, 0.05) is 37.6 Å². The maximum absolute atomic E-state index is 12.9. The van der Waals surface area contributed by atoms with Crippen LogP contribution in [0.5, 0.6) is 0 Å². The standard InChI is InChI=1S/C27H32N4O2/c1-4-8-24(30-19-26(32)22-9-6-5-7-10-22)17-21-11-13-23(14-12-21)27(33)31(3)20(2)25-18-28-15-16-29-25/h4-7,9-16,18,20,24,26,30,32H,1,8,17,19H2,2-3H3. The van der Waals surface area contributed by atoms with Crippen LogP contribution in [0.3, 0.4) is 0 Å². The van der Waals surface area contributed by atoms with Crippen LogP contribution in [-0.4, -0.2) is 45.5 Å².